The SMILES string of the molecule is C.CCc1ccc(-c2ccc3c(n2)N(C(=O)Nc2cnccn2)C2CCN3C2)cn1. The molecule has 0 aliphatic carbocycles. The van der Waals surface area contributed by atoms with Gasteiger partial charge in [-0.2, -0.15) is 0 Å². The molecule has 0 saturated carbocycles. The quantitative estimate of drug-likeness (QED) is 0.716. The molecule has 0 spiro atoms. The van der Waals surface area contributed by atoms with Crippen LogP contribution in [0.1, 0.15) is 26.5 Å². The number of hydrogen-bond donors (Lipinski definition) is 1. The monoisotopic (exact) mass is 403 g/mol. The van der Waals surface area contributed by atoms with Gasteiger partial charge in [0.1, 0.15) is 0 Å². The highest BCUT2D eigenvalue weighted by atomic mass is 16.2. The highest BCUT2D eigenvalue weighted by molar-refractivity contribution is 6.04. The van der Waals surface area contributed by atoms with Crippen molar-refractivity contribution in [3.05, 3.63) is 54.7 Å². The fraction of sp³-hybridized carbons (Fsp3) is 0.318. The summed E-state index contributed by atoms with van der Waals surface area (Å²) in [7, 11) is 0. The second-order valence-corrected chi connectivity index (χ2v) is 7.21. The van der Waals surface area contributed by atoms with E-state index in [4.69, 9.17) is 4.98 Å². The lowest BCUT2D eigenvalue weighted by Gasteiger charge is -2.35. The third-order valence-corrected chi connectivity index (χ3v) is 5.45. The summed E-state index contributed by atoms with van der Waals surface area (Å²) >= 11 is 0. The van der Waals surface area contributed by atoms with Gasteiger partial charge in [-0.1, -0.05) is 14.4 Å². The highest BCUT2D eigenvalue weighted by Gasteiger charge is 2.40. The van der Waals surface area contributed by atoms with Crippen LogP contribution in [0.2, 0.25) is 0 Å². The van der Waals surface area contributed by atoms with Gasteiger partial charge in [0, 0.05) is 42.9 Å². The van der Waals surface area contributed by atoms with E-state index in [0.717, 1.165) is 48.6 Å². The van der Waals surface area contributed by atoms with Crippen LogP contribution in [0.25, 0.3) is 11.3 Å². The molecular weight excluding hydrogens is 378 g/mol. The summed E-state index contributed by atoms with van der Waals surface area (Å²) < 4.78 is 0. The number of aryl methyl sites for hydroxylation is 1. The summed E-state index contributed by atoms with van der Waals surface area (Å²) in [6, 6.07) is 7.95. The summed E-state index contributed by atoms with van der Waals surface area (Å²) in [5.41, 5.74) is 3.77. The largest absolute Gasteiger partial charge is 0.366 e. The van der Waals surface area contributed by atoms with Crippen LogP contribution in [0.3, 0.4) is 0 Å². The van der Waals surface area contributed by atoms with E-state index in [1.165, 1.54) is 6.20 Å². The number of nitrogens with one attached hydrogen (secondary N) is 1. The van der Waals surface area contributed by atoms with Gasteiger partial charge in [0.05, 0.1) is 23.6 Å². The van der Waals surface area contributed by atoms with Crippen LogP contribution in [0, 0.1) is 0 Å². The Labute approximate surface area is 176 Å². The number of pyridine rings is 2. The molecule has 8 heteroatoms. The molecule has 0 aromatic carbocycles. The molecule has 2 bridgehead atoms. The molecule has 154 valence electrons. The molecule has 30 heavy (non-hydrogen) atoms. The Balaban J connectivity index is 0.00000218. The number of urea groups is 1. The van der Waals surface area contributed by atoms with E-state index in [-0.39, 0.29) is 19.5 Å². The Morgan fingerprint density at radius 3 is 2.80 bits per heavy atom. The predicted octanol–water partition coefficient (Wildman–Crippen LogP) is 3.76. The van der Waals surface area contributed by atoms with Crippen molar-refractivity contribution in [2.45, 2.75) is 33.2 Å². The van der Waals surface area contributed by atoms with Gasteiger partial charge in [0.2, 0.25) is 0 Å². The summed E-state index contributed by atoms with van der Waals surface area (Å²) in [5, 5.41) is 2.85. The van der Waals surface area contributed by atoms with Crippen LogP contribution in [0.15, 0.2) is 49.1 Å². The minimum Gasteiger partial charge on any atom is -0.366 e. The number of hydrogen-bond acceptors (Lipinski definition) is 6. The van der Waals surface area contributed by atoms with Crippen LogP contribution in [-0.4, -0.2) is 45.1 Å². The van der Waals surface area contributed by atoms with Crippen molar-refractivity contribution < 1.29 is 4.79 Å². The molecule has 2 aliphatic rings. The van der Waals surface area contributed by atoms with Crippen molar-refractivity contribution in [1.82, 2.24) is 19.9 Å². The molecule has 1 atom stereocenters. The van der Waals surface area contributed by atoms with E-state index in [9.17, 15) is 4.79 Å². The maximum Gasteiger partial charge on any atom is 0.329 e. The van der Waals surface area contributed by atoms with E-state index in [1.807, 2.05) is 24.4 Å². The first-order chi connectivity index (χ1) is 14.2. The van der Waals surface area contributed by atoms with Crippen molar-refractivity contribution in [1.29, 1.82) is 0 Å². The standard InChI is InChI=1S/C21H21N7O.CH4/c1-2-15-4-3-14(11-24-15)17-5-6-18-20(25-17)28(16-7-10-27(18)13-16)21(29)26-19-12-22-8-9-23-19;/h3-6,8-9,11-12,16H,2,7,10,13H2,1H3,(H,23,26,29);1H4. The van der Waals surface area contributed by atoms with E-state index in [1.54, 1.807) is 17.3 Å². The smallest absolute Gasteiger partial charge is 0.329 e. The van der Waals surface area contributed by atoms with Gasteiger partial charge in [-0.05, 0) is 37.1 Å². The zero-order valence-corrected chi connectivity index (χ0v) is 16.1. The third-order valence-electron chi connectivity index (χ3n) is 5.45. The first-order valence-electron chi connectivity index (χ1n) is 9.80. The minimum absolute atomic E-state index is 0. The summed E-state index contributed by atoms with van der Waals surface area (Å²) in [4.78, 5) is 34.7. The van der Waals surface area contributed by atoms with Gasteiger partial charge < -0.3 is 4.90 Å². The zero-order chi connectivity index (χ0) is 19.8. The van der Waals surface area contributed by atoms with E-state index in [0.29, 0.717) is 11.6 Å². The fourth-order valence-corrected chi connectivity index (χ4v) is 3.95. The number of rotatable bonds is 3. The Bertz CT molecular complexity index is 1040. The van der Waals surface area contributed by atoms with E-state index < -0.39 is 0 Å². The summed E-state index contributed by atoms with van der Waals surface area (Å²) in [6.07, 6.45) is 8.31. The summed E-state index contributed by atoms with van der Waals surface area (Å²) in [6.45, 7) is 3.81. The number of carbonyl (C=O) groups excluding carboxylic acids is 1. The van der Waals surface area contributed by atoms with E-state index >= 15 is 0 Å². The number of amides is 2. The Hall–Kier alpha value is -3.55. The van der Waals surface area contributed by atoms with Crippen molar-refractivity contribution in [3.8, 4) is 11.3 Å². The van der Waals surface area contributed by atoms with Crippen molar-refractivity contribution in [2.24, 2.45) is 0 Å². The maximum absolute atomic E-state index is 13.1. The number of aromatic nitrogens is 4. The lowest BCUT2D eigenvalue weighted by atomic mass is 10.1. The lowest BCUT2D eigenvalue weighted by molar-refractivity contribution is 0.254. The van der Waals surface area contributed by atoms with Crippen molar-refractivity contribution >= 4 is 23.4 Å². The van der Waals surface area contributed by atoms with Crippen LogP contribution >= 0.6 is 0 Å². The van der Waals surface area contributed by atoms with Gasteiger partial charge in [-0.25, -0.2) is 14.8 Å². The van der Waals surface area contributed by atoms with Gasteiger partial charge in [-0.3, -0.25) is 20.2 Å². The van der Waals surface area contributed by atoms with Crippen LogP contribution < -0.4 is 15.1 Å². The number of nitrogens with zero attached hydrogens (tertiary/aromatic N) is 6. The highest BCUT2D eigenvalue weighted by Crippen LogP contribution is 2.40. The number of carbonyl (C=O) groups is 1. The van der Waals surface area contributed by atoms with Gasteiger partial charge in [0.15, 0.2) is 11.6 Å². The van der Waals surface area contributed by atoms with Crippen LogP contribution in [0.4, 0.5) is 22.1 Å². The molecule has 1 fully saturated rings. The molecule has 8 nitrogen and oxygen atoms in total. The van der Waals surface area contributed by atoms with Crippen LogP contribution in [-0.2, 0) is 6.42 Å². The molecule has 1 saturated heterocycles. The van der Waals surface area contributed by atoms with Crippen molar-refractivity contribution in [3.63, 3.8) is 0 Å². The van der Waals surface area contributed by atoms with E-state index in [2.05, 4.69) is 38.2 Å². The first kappa shape index (κ1) is 19.8. The lowest BCUT2D eigenvalue weighted by Crippen LogP contribution is -2.48. The molecule has 3 aromatic rings. The molecular formula is C22H25N7O. The average Bonchev–Trinajstić information content (AvgIpc) is 3.18. The first-order valence-corrected chi connectivity index (χ1v) is 9.80. The molecule has 2 aliphatic heterocycles. The van der Waals surface area contributed by atoms with Gasteiger partial charge in [0.25, 0.3) is 0 Å². The second kappa shape index (κ2) is 8.06. The van der Waals surface area contributed by atoms with Crippen molar-refractivity contribution in [2.75, 3.05) is 28.2 Å². The molecule has 5 rings (SSSR count). The Kier molecular flexibility index (Phi) is 5.31. The molecule has 1 unspecified atom stereocenters. The number of anilines is 3. The molecule has 0 radical (unpaired) electrons. The topological polar surface area (TPSA) is 87.1 Å². The Morgan fingerprint density at radius 2 is 2.07 bits per heavy atom. The molecule has 3 aromatic heterocycles. The average molecular weight is 403 g/mol. The third kappa shape index (κ3) is 3.45. The molecule has 1 N–H and O–H groups in total. The summed E-state index contributed by atoms with van der Waals surface area (Å²) in [5.74, 6) is 1.10. The minimum atomic E-state index is -0.234. The number of fused-ring (bicyclic) bond motifs is 4. The maximum atomic E-state index is 13.1. The molecule has 2 amide bonds. The predicted molar refractivity (Wildman–Crippen MR) is 118 cm³/mol. The normalized spacial score (nSPS) is 16.6. The fourth-order valence-electron chi connectivity index (χ4n) is 3.95. The molecule has 5 heterocycles. The second-order valence-electron chi connectivity index (χ2n) is 7.21. The zero-order valence-electron chi connectivity index (χ0n) is 16.1. The van der Waals surface area contributed by atoms with Gasteiger partial charge >= 0.3 is 6.03 Å². The Morgan fingerprint density at radius 1 is 1.17 bits per heavy atom. The van der Waals surface area contributed by atoms with Crippen LogP contribution in [0.5, 0.6) is 0 Å². The van der Waals surface area contributed by atoms with Gasteiger partial charge in [-0.15, -0.1) is 0 Å².